The van der Waals surface area contributed by atoms with Gasteiger partial charge in [0.15, 0.2) is 0 Å². The lowest BCUT2D eigenvalue weighted by molar-refractivity contribution is 0.245. The van der Waals surface area contributed by atoms with E-state index in [9.17, 15) is 4.79 Å². The van der Waals surface area contributed by atoms with Crippen molar-refractivity contribution in [3.05, 3.63) is 28.2 Å². The van der Waals surface area contributed by atoms with Gasteiger partial charge in [-0.15, -0.1) is 0 Å². The van der Waals surface area contributed by atoms with Crippen LogP contribution in [0.25, 0.3) is 0 Å². The van der Waals surface area contributed by atoms with Gasteiger partial charge in [0, 0.05) is 4.47 Å². The van der Waals surface area contributed by atoms with Crippen molar-refractivity contribution < 1.29 is 4.79 Å². The second kappa shape index (κ2) is 4.45. The van der Waals surface area contributed by atoms with E-state index in [4.69, 9.17) is 0 Å². The van der Waals surface area contributed by atoms with E-state index in [-0.39, 0.29) is 12.1 Å². The van der Waals surface area contributed by atoms with E-state index in [0.29, 0.717) is 5.92 Å². The summed E-state index contributed by atoms with van der Waals surface area (Å²) in [6.07, 6.45) is 0.955. The summed E-state index contributed by atoms with van der Waals surface area (Å²) >= 11 is 3.46. The Bertz CT molecular complexity index is 417. The fourth-order valence-corrected chi connectivity index (χ4v) is 2.49. The number of para-hydroxylation sites is 1. The van der Waals surface area contributed by atoms with Crippen molar-refractivity contribution in [1.29, 1.82) is 0 Å². The van der Waals surface area contributed by atoms with Crippen LogP contribution < -0.4 is 10.6 Å². The Balaban J connectivity index is 2.38. The third-order valence-corrected chi connectivity index (χ3v) is 3.33. The highest BCUT2D eigenvalue weighted by molar-refractivity contribution is 9.10. The molecule has 0 saturated heterocycles. The van der Waals surface area contributed by atoms with Gasteiger partial charge in [-0.05, 0) is 39.9 Å². The topological polar surface area (TPSA) is 41.1 Å². The second-order valence-corrected chi connectivity index (χ2v) is 5.34. The van der Waals surface area contributed by atoms with Crippen molar-refractivity contribution in [3.63, 3.8) is 0 Å². The molecule has 4 heteroatoms. The lowest BCUT2D eigenvalue weighted by Gasteiger charge is -2.29. The number of hydrogen-bond acceptors (Lipinski definition) is 1. The van der Waals surface area contributed by atoms with Crippen LogP contribution in [-0.2, 0) is 0 Å². The molecular weight excluding hydrogens is 268 g/mol. The predicted molar refractivity (Wildman–Crippen MR) is 68.5 cm³/mol. The van der Waals surface area contributed by atoms with E-state index in [1.54, 1.807) is 0 Å². The number of amides is 2. The highest BCUT2D eigenvalue weighted by Gasteiger charge is 2.25. The van der Waals surface area contributed by atoms with Gasteiger partial charge in [-0.25, -0.2) is 4.79 Å². The van der Waals surface area contributed by atoms with Crippen LogP contribution in [0.5, 0.6) is 0 Å². The molecule has 0 radical (unpaired) electrons. The molecule has 2 N–H and O–H groups in total. The highest BCUT2D eigenvalue weighted by Crippen LogP contribution is 2.35. The van der Waals surface area contributed by atoms with Gasteiger partial charge < -0.3 is 10.6 Å². The molecule has 0 saturated carbocycles. The summed E-state index contributed by atoms with van der Waals surface area (Å²) in [7, 11) is 0. The Morgan fingerprint density at radius 1 is 1.44 bits per heavy atom. The smallest absolute Gasteiger partial charge is 0.319 e. The Hall–Kier alpha value is -1.03. The van der Waals surface area contributed by atoms with E-state index in [0.717, 1.165) is 22.1 Å². The van der Waals surface area contributed by atoms with E-state index in [2.05, 4.69) is 46.5 Å². The molecule has 1 aromatic carbocycles. The molecule has 2 amide bonds. The lowest BCUT2D eigenvalue weighted by Crippen LogP contribution is -2.38. The Labute approximate surface area is 104 Å². The molecular formula is C12H15BrN2O. The number of halogens is 1. The minimum Gasteiger partial charge on any atom is -0.331 e. The van der Waals surface area contributed by atoms with Crippen molar-refractivity contribution in [2.24, 2.45) is 5.92 Å². The molecule has 1 aliphatic heterocycles. The van der Waals surface area contributed by atoms with Gasteiger partial charge in [0.1, 0.15) is 0 Å². The van der Waals surface area contributed by atoms with E-state index in [1.165, 1.54) is 0 Å². The van der Waals surface area contributed by atoms with Crippen LogP contribution in [0.3, 0.4) is 0 Å². The first-order valence-electron chi connectivity index (χ1n) is 5.44. The molecule has 0 fully saturated rings. The summed E-state index contributed by atoms with van der Waals surface area (Å²) in [5.74, 6) is 0.551. The fraction of sp³-hybridized carbons (Fsp3) is 0.417. The van der Waals surface area contributed by atoms with Crippen LogP contribution in [0.2, 0.25) is 0 Å². The van der Waals surface area contributed by atoms with Crippen LogP contribution in [0.1, 0.15) is 31.9 Å². The summed E-state index contributed by atoms with van der Waals surface area (Å²) in [6.45, 7) is 4.32. The predicted octanol–water partition coefficient (Wildman–Crippen LogP) is 3.67. The molecule has 0 bridgehead atoms. The summed E-state index contributed by atoms with van der Waals surface area (Å²) in [5.41, 5.74) is 2.06. The van der Waals surface area contributed by atoms with Gasteiger partial charge in [-0.3, -0.25) is 0 Å². The SMILES string of the molecule is CC(C)CC1NC(=O)Nc2c(Br)cccc21. The average Bonchev–Trinajstić information content (AvgIpc) is 2.18. The number of benzene rings is 1. The molecule has 86 valence electrons. The van der Waals surface area contributed by atoms with E-state index in [1.807, 2.05) is 12.1 Å². The molecule has 1 heterocycles. The van der Waals surface area contributed by atoms with Crippen LogP contribution in [0.15, 0.2) is 22.7 Å². The molecule has 0 aromatic heterocycles. The molecule has 2 rings (SSSR count). The van der Waals surface area contributed by atoms with Gasteiger partial charge in [0.2, 0.25) is 0 Å². The number of rotatable bonds is 2. The van der Waals surface area contributed by atoms with Crippen molar-refractivity contribution >= 4 is 27.6 Å². The molecule has 0 aliphatic carbocycles. The van der Waals surface area contributed by atoms with Crippen molar-refractivity contribution in [3.8, 4) is 0 Å². The lowest BCUT2D eigenvalue weighted by atomic mass is 9.94. The second-order valence-electron chi connectivity index (χ2n) is 4.48. The summed E-state index contributed by atoms with van der Waals surface area (Å²) in [5, 5.41) is 5.79. The molecule has 1 unspecified atom stereocenters. The fourth-order valence-electron chi connectivity index (χ4n) is 2.01. The molecule has 16 heavy (non-hydrogen) atoms. The van der Waals surface area contributed by atoms with E-state index < -0.39 is 0 Å². The highest BCUT2D eigenvalue weighted by atomic mass is 79.9. The monoisotopic (exact) mass is 282 g/mol. The summed E-state index contributed by atoms with van der Waals surface area (Å²) < 4.78 is 0.939. The number of nitrogens with one attached hydrogen (secondary N) is 2. The van der Waals surface area contributed by atoms with Crippen LogP contribution in [-0.4, -0.2) is 6.03 Å². The van der Waals surface area contributed by atoms with E-state index >= 15 is 0 Å². The maximum Gasteiger partial charge on any atom is 0.319 e. The normalized spacial score (nSPS) is 19.0. The molecule has 1 aromatic rings. The maximum absolute atomic E-state index is 11.5. The molecule has 3 nitrogen and oxygen atoms in total. The first kappa shape index (κ1) is 11.5. The quantitative estimate of drug-likeness (QED) is 0.854. The number of anilines is 1. The zero-order valence-electron chi connectivity index (χ0n) is 9.38. The van der Waals surface area contributed by atoms with Gasteiger partial charge in [-0.1, -0.05) is 26.0 Å². The largest absolute Gasteiger partial charge is 0.331 e. The zero-order valence-corrected chi connectivity index (χ0v) is 11.0. The Morgan fingerprint density at radius 2 is 2.19 bits per heavy atom. The zero-order chi connectivity index (χ0) is 11.7. The number of urea groups is 1. The van der Waals surface area contributed by atoms with Crippen molar-refractivity contribution in [2.45, 2.75) is 26.3 Å². The molecule has 1 aliphatic rings. The third kappa shape index (κ3) is 2.21. The number of fused-ring (bicyclic) bond motifs is 1. The van der Waals surface area contributed by atoms with Gasteiger partial charge in [0.05, 0.1) is 11.7 Å². The minimum atomic E-state index is -0.120. The third-order valence-electron chi connectivity index (χ3n) is 2.67. The average molecular weight is 283 g/mol. The van der Waals surface area contributed by atoms with Crippen LogP contribution in [0.4, 0.5) is 10.5 Å². The van der Waals surface area contributed by atoms with Crippen molar-refractivity contribution in [2.75, 3.05) is 5.32 Å². The first-order valence-corrected chi connectivity index (χ1v) is 6.23. The first-order chi connectivity index (χ1) is 7.58. The van der Waals surface area contributed by atoms with Gasteiger partial charge >= 0.3 is 6.03 Å². The summed E-state index contributed by atoms with van der Waals surface area (Å²) in [6, 6.07) is 5.98. The number of carbonyl (C=O) groups is 1. The van der Waals surface area contributed by atoms with Gasteiger partial charge in [0.25, 0.3) is 0 Å². The molecule has 0 spiro atoms. The number of carbonyl (C=O) groups excluding carboxylic acids is 1. The van der Waals surface area contributed by atoms with Crippen molar-refractivity contribution in [1.82, 2.24) is 5.32 Å². The number of hydrogen-bond donors (Lipinski definition) is 2. The Morgan fingerprint density at radius 3 is 2.88 bits per heavy atom. The van der Waals surface area contributed by atoms with Crippen LogP contribution in [0, 0.1) is 5.92 Å². The molecule has 1 atom stereocenters. The van der Waals surface area contributed by atoms with Crippen LogP contribution >= 0.6 is 15.9 Å². The summed E-state index contributed by atoms with van der Waals surface area (Å²) in [4.78, 5) is 11.5. The Kier molecular flexibility index (Phi) is 3.19. The minimum absolute atomic E-state index is 0.112. The standard InChI is InChI=1S/C12H15BrN2O/c1-7(2)6-10-8-4-3-5-9(13)11(8)15-12(16)14-10/h3-5,7,10H,6H2,1-2H3,(H2,14,15,16). The van der Waals surface area contributed by atoms with Gasteiger partial charge in [-0.2, -0.15) is 0 Å². The maximum atomic E-state index is 11.5.